The molecule has 0 aliphatic rings. The molecule has 0 saturated heterocycles. The molecular weight excluding hydrogens is 430 g/mol. The Morgan fingerprint density at radius 2 is 1.78 bits per heavy atom. The number of carbonyl (C=O) groups is 1. The van der Waals surface area contributed by atoms with Gasteiger partial charge in [-0.2, -0.15) is 0 Å². The third-order valence-corrected chi connectivity index (χ3v) is 6.43. The fourth-order valence-corrected chi connectivity index (χ4v) is 4.37. The highest BCUT2D eigenvalue weighted by atomic mass is 32.2. The quantitative estimate of drug-likeness (QED) is 0.501. The van der Waals surface area contributed by atoms with Gasteiger partial charge < -0.3 is 19.7 Å². The lowest BCUT2D eigenvalue weighted by Crippen LogP contribution is -2.30. The molecule has 0 unspecified atom stereocenters. The molecule has 0 radical (unpaired) electrons. The van der Waals surface area contributed by atoms with E-state index in [1.54, 1.807) is 51.3 Å². The first-order valence-electron chi connectivity index (χ1n) is 10.7. The van der Waals surface area contributed by atoms with E-state index in [1.165, 1.54) is 12.1 Å². The lowest BCUT2D eigenvalue weighted by molar-refractivity contribution is 0.102. The maximum atomic E-state index is 12.8. The first-order valence-corrected chi connectivity index (χ1v) is 12.1. The molecule has 0 aliphatic heterocycles. The second-order valence-corrected chi connectivity index (χ2v) is 9.21. The molecule has 0 saturated carbocycles. The van der Waals surface area contributed by atoms with Crippen LogP contribution in [-0.2, 0) is 10.0 Å². The van der Waals surface area contributed by atoms with Gasteiger partial charge in [0.1, 0.15) is 6.61 Å². The fourth-order valence-electron chi connectivity index (χ4n) is 3.08. The van der Waals surface area contributed by atoms with Crippen molar-refractivity contribution < 1.29 is 22.7 Å². The molecule has 2 aromatic carbocycles. The third-order valence-electron chi connectivity index (χ3n) is 4.78. The van der Waals surface area contributed by atoms with Gasteiger partial charge >= 0.3 is 0 Å². The minimum absolute atomic E-state index is 0.0361. The molecule has 2 aromatic rings. The van der Waals surface area contributed by atoms with Crippen LogP contribution in [0.15, 0.2) is 47.4 Å². The second-order valence-electron chi connectivity index (χ2n) is 7.50. The molecule has 8 nitrogen and oxygen atoms in total. The zero-order chi connectivity index (χ0) is 23.7. The average Bonchev–Trinajstić information content (AvgIpc) is 2.76. The van der Waals surface area contributed by atoms with Crippen LogP contribution in [-0.4, -0.2) is 58.6 Å². The Balaban J connectivity index is 2.15. The smallest absolute Gasteiger partial charge is 0.255 e. The molecule has 32 heavy (non-hydrogen) atoms. The Bertz CT molecular complexity index is 1000. The van der Waals surface area contributed by atoms with Crippen molar-refractivity contribution in [2.75, 3.05) is 38.7 Å². The van der Waals surface area contributed by atoms with Crippen molar-refractivity contribution in [2.24, 2.45) is 0 Å². The molecule has 2 N–H and O–H groups in total. The molecule has 2 rings (SSSR count). The summed E-state index contributed by atoms with van der Waals surface area (Å²) in [6.45, 7) is 10.8. The van der Waals surface area contributed by atoms with Crippen LogP contribution in [0.1, 0.15) is 38.1 Å². The minimum atomic E-state index is -3.70. The molecule has 176 valence electrons. The number of carbonyl (C=O) groups excluding carboxylic acids is 1. The van der Waals surface area contributed by atoms with Gasteiger partial charge in [-0.3, -0.25) is 4.79 Å². The highest BCUT2D eigenvalue weighted by molar-refractivity contribution is 7.89. The number of nitrogens with one attached hydrogen (secondary N) is 2. The summed E-state index contributed by atoms with van der Waals surface area (Å²) in [5.41, 5.74) is 0.749. The Morgan fingerprint density at radius 1 is 1.06 bits per heavy atom. The summed E-state index contributed by atoms with van der Waals surface area (Å²) in [5, 5.41) is 2.79. The SMILES string of the molecule is CCN(CC)CCOc1cc(NC(=O)c2cccc(S(=O)(=O)NC(C)C)c2)ccc1OC. The van der Waals surface area contributed by atoms with Crippen molar-refractivity contribution in [3.05, 3.63) is 48.0 Å². The highest BCUT2D eigenvalue weighted by Crippen LogP contribution is 2.30. The van der Waals surface area contributed by atoms with E-state index in [1.807, 2.05) is 0 Å². The molecule has 9 heteroatoms. The Hall–Kier alpha value is -2.62. The predicted octanol–water partition coefficient (Wildman–Crippen LogP) is 3.35. The van der Waals surface area contributed by atoms with Crippen LogP contribution in [0.5, 0.6) is 11.5 Å². The van der Waals surface area contributed by atoms with Crippen molar-refractivity contribution in [3.63, 3.8) is 0 Å². The minimum Gasteiger partial charge on any atom is -0.493 e. The van der Waals surface area contributed by atoms with Crippen LogP contribution in [0.4, 0.5) is 5.69 Å². The van der Waals surface area contributed by atoms with Crippen LogP contribution in [0, 0.1) is 0 Å². The summed E-state index contributed by atoms with van der Waals surface area (Å²) in [6.07, 6.45) is 0. The van der Waals surface area contributed by atoms with E-state index in [9.17, 15) is 13.2 Å². The van der Waals surface area contributed by atoms with Crippen LogP contribution in [0.25, 0.3) is 0 Å². The summed E-state index contributed by atoms with van der Waals surface area (Å²) in [7, 11) is -2.14. The maximum Gasteiger partial charge on any atom is 0.255 e. The zero-order valence-electron chi connectivity index (χ0n) is 19.3. The van der Waals surface area contributed by atoms with E-state index in [0.717, 1.165) is 19.6 Å². The summed E-state index contributed by atoms with van der Waals surface area (Å²) in [5.74, 6) is 0.663. The molecule has 0 aliphatic carbocycles. The van der Waals surface area contributed by atoms with E-state index in [-0.39, 0.29) is 16.5 Å². The number of amides is 1. The summed E-state index contributed by atoms with van der Waals surface area (Å²) in [4.78, 5) is 15.0. The number of benzene rings is 2. The van der Waals surface area contributed by atoms with Crippen molar-refractivity contribution in [3.8, 4) is 11.5 Å². The molecule has 1 amide bonds. The van der Waals surface area contributed by atoms with Gasteiger partial charge in [-0.25, -0.2) is 13.1 Å². The summed E-state index contributed by atoms with van der Waals surface area (Å²) < 4.78 is 38.6. The average molecular weight is 464 g/mol. The number of anilines is 1. The van der Waals surface area contributed by atoms with Crippen molar-refractivity contribution in [1.82, 2.24) is 9.62 Å². The first kappa shape index (κ1) is 25.6. The summed E-state index contributed by atoms with van der Waals surface area (Å²) in [6, 6.07) is 10.8. The molecule has 0 fully saturated rings. The van der Waals surface area contributed by atoms with E-state index in [0.29, 0.717) is 23.8 Å². The second kappa shape index (κ2) is 11.8. The highest BCUT2D eigenvalue weighted by Gasteiger charge is 2.18. The molecule has 0 spiro atoms. The van der Waals surface area contributed by atoms with Crippen molar-refractivity contribution in [1.29, 1.82) is 0 Å². The Kier molecular flexibility index (Phi) is 9.49. The zero-order valence-corrected chi connectivity index (χ0v) is 20.2. The predicted molar refractivity (Wildman–Crippen MR) is 126 cm³/mol. The van der Waals surface area contributed by atoms with Gasteiger partial charge in [0.2, 0.25) is 10.0 Å². The number of sulfonamides is 1. The Labute approximate surface area is 191 Å². The van der Waals surface area contributed by atoms with Crippen LogP contribution in [0.3, 0.4) is 0 Å². The largest absolute Gasteiger partial charge is 0.493 e. The fraction of sp³-hybridized carbons (Fsp3) is 0.435. The summed E-state index contributed by atoms with van der Waals surface area (Å²) >= 11 is 0. The monoisotopic (exact) mass is 463 g/mol. The first-order chi connectivity index (χ1) is 15.2. The lowest BCUT2D eigenvalue weighted by Gasteiger charge is -2.19. The van der Waals surface area contributed by atoms with Crippen molar-refractivity contribution in [2.45, 2.75) is 38.6 Å². The molecule has 0 bridgehead atoms. The van der Waals surface area contributed by atoms with E-state index in [4.69, 9.17) is 9.47 Å². The number of rotatable bonds is 12. The van der Waals surface area contributed by atoms with Gasteiger partial charge in [0.25, 0.3) is 5.91 Å². The van der Waals surface area contributed by atoms with Crippen molar-refractivity contribution >= 4 is 21.6 Å². The number of methoxy groups -OCH3 is 1. The molecular formula is C23H33N3O5S. The standard InChI is InChI=1S/C23H33N3O5S/c1-6-26(7-2)13-14-31-22-16-19(11-12-21(22)30-5)24-23(27)18-9-8-10-20(15-18)32(28,29)25-17(3)4/h8-12,15-17,25H,6-7,13-14H2,1-5H3,(H,24,27). The number of hydrogen-bond donors (Lipinski definition) is 2. The van der Waals surface area contributed by atoms with Gasteiger partial charge in [-0.05, 0) is 57.3 Å². The third kappa shape index (κ3) is 7.22. The number of likely N-dealkylation sites (N-methyl/N-ethyl adjacent to an activating group) is 1. The lowest BCUT2D eigenvalue weighted by atomic mass is 10.2. The van der Waals surface area contributed by atoms with Crippen LogP contribution < -0.4 is 19.5 Å². The number of hydrogen-bond acceptors (Lipinski definition) is 6. The van der Waals surface area contributed by atoms with E-state index >= 15 is 0 Å². The molecule has 0 heterocycles. The topological polar surface area (TPSA) is 97.0 Å². The Morgan fingerprint density at radius 3 is 2.41 bits per heavy atom. The van der Waals surface area contributed by atoms with Gasteiger partial charge in [-0.1, -0.05) is 19.9 Å². The molecule has 0 aromatic heterocycles. The van der Waals surface area contributed by atoms with Gasteiger partial charge in [0.15, 0.2) is 11.5 Å². The molecule has 0 atom stereocenters. The number of nitrogens with zero attached hydrogens (tertiary/aromatic N) is 1. The van der Waals surface area contributed by atoms with Gasteiger partial charge in [-0.15, -0.1) is 0 Å². The van der Waals surface area contributed by atoms with Crippen LogP contribution >= 0.6 is 0 Å². The van der Waals surface area contributed by atoms with E-state index < -0.39 is 15.9 Å². The number of ether oxygens (including phenoxy) is 2. The van der Waals surface area contributed by atoms with E-state index in [2.05, 4.69) is 28.8 Å². The van der Waals surface area contributed by atoms with Gasteiger partial charge in [0, 0.05) is 29.9 Å². The maximum absolute atomic E-state index is 12.8. The normalized spacial score (nSPS) is 11.6. The van der Waals surface area contributed by atoms with Gasteiger partial charge in [0.05, 0.1) is 12.0 Å². The van der Waals surface area contributed by atoms with Crippen LogP contribution in [0.2, 0.25) is 0 Å².